The molecule has 0 aliphatic rings. The SMILES string of the molecule is C[C@H](NC(=O)OC(C)(C)C)C(=O)N[C@@H](CSC(C)(C)C)C(=O)N[C@@H](C)C(=O)OCc1ccccc1. The molecule has 0 saturated carbocycles. The summed E-state index contributed by atoms with van der Waals surface area (Å²) in [5.41, 5.74) is 0.120. The highest BCUT2D eigenvalue weighted by atomic mass is 32.2. The number of carbonyl (C=O) groups excluding carboxylic acids is 4. The smallest absolute Gasteiger partial charge is 0.408 e. The van der Waals surface area contributed by atoms with Gasteiger partial charge in [0.2, 0.25) is 11.8 Å². The predicted molar refractivity (Wildman–Crippen MR) is 137 cm³/mol. The quantitative estimate of drug-likeness (QED) is 0.414. The molecule has 0 aromatic heterocycles. The topological polar surface area (TPSA) is 123 Å². The van der Waals surface area contributed by atoms with Gasteiger partial charge >= 0.3 is 12.1 Å². The zero-order chi connectivity index (χ0) is 26.8. The zero-order valence-electron chi connectivity index (χ0n) is 21.9. The molecule has 0 heterocycles. The Morgan fingerprint density at radius 1 is 0.857 bits per heavy atom. The molecule has 0 spiro atoms. The normalized spacial score (nSPS) is 14.2. The lowest BCUT2D eigenvalue weighted by Gasteiger charge is -2.26. The first-order valence-corrected chi connectivity index (χ1v) is 12.5. The molecule has 1 aromatic carbocycles. The zero-order valence-corrected chi connectivity index (χ0v) is 22.7. The fourth-order valence-electron chi connectivity index (χ4n) is 2.59. The van der Waals surface area contributed by atoms with Crippen molar-refractivity contribution in [3.63, 3.8) is 0 Å². The van der Waals surface area contributed by atoms with Crippen molar-refractivity contribution >= 4 is 35.6 Å². The number of thioether (sulfide) groups is 1. The summed E-state index contributed by atoms with van der Waals surface area (Å²) in [6.45, 7) is 14.2. The molecule has 9 nitrogen and oxygen atoms in total. The number of hydrogen-bond donors (Lipinski definition) is 3. The number of esters is 1. The van der Waals surface area contributed by atoms with Gasteiger partial charge in [-0.25, -0.2) is 9.59 Å². The van der Waals surface area contributed by atoms with Crippen LogP contribution in [0.25, 0.3) is 0 Å². The van der Waals surface area contributed by atoms with Crippen molar-refractivity contribution in [2.45, 2.75) is 90.5 Å². The lowest BCUT2D eigenvalue weighted by Crippen LogP contribution is -2.56. The van der Waals surface area contributed by atoms with E-state index in [-0.39, 0.29) is 17.1 Å². The van der Waals surface area contributed by atoms with E-state index in [1.54, 1.807) is 20.8 Å². The van der Waals surface area contributed by atoms with Gasteiger partial charge < -0.3 is 25.4 Å². The highest BCUT2D eigenvalue weighted by Gasteiger charge is 2.29. The Morgan fingerprint density at radius 2 is 1.46 bits per heavy atom. The van der Waals surface area contributed by atoms with Gasteiger partial charge in [-0.3, -0.25) is 9.59 Å². The Morgan fingerprint density at radius 3 is 2.00 bits per heavy atom. The molecule has 3 N–H and O–H groups in total. The largest absolute Gasteiger partial charge is 0.459 e. The maximum Gasteiger partial charge on any atom is 0.408 e. The number of rotatable bonds is 10. The van der Waals surface area contributed by atoms with Gasteiger partial charge in [0, 0.05) is 10.5 Å². The highest BCUT2D eigenvalue weighted by molar-refractivity contribution is 8.00. The average Bonchev–Trinajstić information content (AvgIpc) is 2.73. The van der Waals surface area contributed by atoms with Crippen LogP contribution in [0.5, 0.6) is 0 Å². The third-order valence-corrected chi connectivity index (χ3v) is 5.74. The van der Waals surface area contributed by atoms with E-state index < -0.39 is 47.6 Å². The van der Waals surface area contributed by atoms with Crippen molar-refractivity contribution in [3.05, 3.63) is 35.9 Å². The van der Waals surface area contributed by atoms with Crippen LogP contribution in [0.3, 0.4) is 0 Å². The lowest BCUT2D eigenvalue weighted by molar-refractivity contribution is -0.148. The van der Waals surface area contributed by atoms with E-state index in [4.69, 9.17) is 9.47 Å². The summed E-state index contributed by atoms with van der Waals surface area (Å²) < 4.78 is 10.3. The minimum atomic E-state index is -0.937. The van der Waals surface area contributed by atoms with Crippen LogP contribution in [0.4, 0.5) is 4.79 Å². The second-order valence-corrected chi connectivity index (χ2v) is 12.0. The highest BCUT2D eigenvalue weighted by Crippen LogP contribution is 2.24. The Bertz CT molecular complexity index is 864. The summed E-state index contributed by atoms with van der Waals surface area (Å²) in [5.74, 6) is -1.39. The van der Waals surface area contributed by atoms with Gasteiger partial charge in [-0.2, -0.15) is 11.8 Å². The predicted octanol–water partition coefficient (Wildman–Crippen LogP) is 3.16. The van der Waals surface area contributed by atoms with Crippen LogP contribution in [0.15, 0.2) is 30.3 Å². The van der Waals surface area contributed by atoms with Gasteiger partial charge in [0.15, 0.2) is 0 Å². The molecule has 0 fully saturated rings. The Labute approximate surface area is 212 Å². The van der Waals surface area contributed by atoms with Gasteiger partial charge in [0.1, 0.15) is 30.3 Å². The van der Waals surface area contributed by atoms with Gasteiger partial charge in [-0.1, -0.05) is 51.1 Å². The first-order valence-electron chi connectivity index (χ1n) is 11.5. The molecular formula is C25H39N3O6S. The minimum Gasteiger partial charge on any atom is -0.459 e. The van der Waals surface area contributed by atoms with E-state index >= 15 is 0 Å². The monoisotopic (exact) mass is 509 g/mol. The molecule has 3 atom stereocenters. The fourth-order valence-corrected chi connectivity index (χ4v) is 3.49. The van der Waals surface area contributed by atoms with E-state index in [9.17, 15) is 19.2 Å². The molecule has 1 rings (SSSR count). The van der Waals surface area contributed by atoms with Crippen LogP contribution < -0.4 is 16.0 Å². The van der Waals surface area contributed by atoms with Crippen molar-refractivity contribution in [1.82, 2.24) is 16.0 Å². The molecule has 196 valence electrons. The van der Waals surface area contributed by atoms with Crippen LogP contribution in [0, 0.1) is 0 Å². The average molecular weight is 510 g/mol. The van der Waals surface area contributed by atoms with Crippen molar-refractivity contribution in [2.24, 2.45) is 0 Å². The van der Waals surface area contributed by atoms with Crippen LogP contribution in [-0.2, 0) is 30.5 Å². The van der Waals surface area contributed by atoms with Crippen molar-refractivity contribution < 1.29 is 28.7 Å². The van der Waals surface area contributed by atoms with E-state index in [1.165, 1.54) is 25.6 Å². The van der Waals surface area contributed by atoms with Crippen molar-refractivity contribution in [3.8, 4) is 0 Å². The second-order valence-electron chi connectivity index (χ2n) is 10.2. The van der Waals surface area contributed by atoms with Crippen molar-refractivity contribution in [2.75, 3.05) is 5.75 Å². The van der Waals surface area contributed by atoms with Gasteiger partial charge in [-0.15, -0.1) is 0 Å². The molecule has 3 amide bonds. The molecule has 0 bridgehead atoms. The summed E-state index contributed by atoms with van der Waals surface area (Å²) in [5, 5.41) is 7.74. The minimum absolute atomic E-state index is 0.0910. The van der Waals surface area contributed by atoms with Gasteiger partial charge in [-0.05, 0) is 40.2 Å². The summed E-state index contributed by atoms with van der Waals surface area (Å²) in [6, 6.07) is 6.42. The molecular weight excluding hydrogens is 470 g/mol. The molecule has 0 saturated heterocycles. The Balaban J connectivity index is 2.75. The Hall–Kier alpha value is -2.75. The molecule has 1 aromatic rings. The molecule has 0 radical (unpaired) electrons. The van der Waals surface area contributed by atoms with Gasteiger partial charge in [0.25, 0.3) is 0 Å². The second kappa shape index (κ2) is 13.4. The molecule has 0 aliphatic heterocycles. The first-order chi connectivity index (χ1) is 16.1. The summed E-state index contributed by atoms with van der Waals surface area (Å²) in [7, 11) is 0. The number of benzene rings is 1. The standard InChI is InChI=1S/C25H39N3O6S/c1-16(27-23(32)34-24(3,4)5)20(29)28-19(15-35-25(6,7)8)21(30)26-17(2)22(31)33-14-18-12-10-9-11-13-18/h9-13,16-17,19H,14-15H2,1-8H3,(H,26,30)(H,27,32)(H,28,29)/t16-,17-,19-/m0/s1. The van der Waals surface area contributed by atoms with Crippen LogP contribution in [0.2, 0.25) is 0 Å². The number of alkyl carbamates (subject to hydrolysis) is 1. The maximum absolute atomic E-state index is 13.0. The van der Waals surface area contributed by atoms with E-state index in [0.717, 1.165) is 5.56 Å². The van der Waals surface area contributed by atoms with Crippen LogP contribution >= 0.6 is 11.8 Å². The van der Waals surface area contributed by atoms with Crippen LogP contribution in [-0.4, -0.2) is 58.1 Å². The van der Waals surface area contributed by atoms with E-state index in [2.05, 4.69) is 16.0 Å². The third-order valence-electron chi connectivity index (χ3n) is 4.38. The van der Waals surface area contributed by atoms with E-state index in [0.29, 0.717) is 0 Å². The third kappa shape index (κ3) is 13.1. The molecule has 0 aliphatic carbocycles. The van der Waals surface area contributed by atoms with Crippen molar-refractivity contribution in [1.29, 1.82) is 0 Å². The Kier molecular flexibility index (Phi) is 11.6. The number of carbonyl (C=O) groups is 4. The van der Waals surface area contributed by atoms with Gasteiger partial charge in [0.05, 0.1) is 0 Å². The molecule has 35 heavy (non-hydrogen) atoms. The fraction of sp³-hybridized carbons (Fsp3) is 0.600. The maximum atomic E-state index is 13.0. The number of amides is 3. The summed E-state index contributed by atoms with van der Waals surface area (Å²) in [6.07, 6.45) is -0.736. The summed E-state index contributed by atoms with van der Waals surface area (Å²) in [4.78, 5) is 50.0. The van der Waals surface area contributed by atoms with Crippen LogP contribution in [0.1, 0.15) is 61.0 Å². The number of ether oxygens (including phenoxy) is 2. The lowest BCUT2D eigenvalue weighted by atomic mass is 10.2. The first kappa shape index (κ1) is 30.3. The molecule has 10 heteroatoms. The molecule has 0 unspecified atom stereocenters. The summed E-state index contributed by atoms with van der Waals surface area (Å²) >= 11 is 1.48. The number of hydrogen-bond acceptors (Lipinski definition) is 7. The number of nitrogens with one attached hydrogen (secondary N) is 3. The van der Waals surface area contributed by atoms with E-state index in [1.807, 2.05) is 51.1 Å².